The summed E-state index contributed by atoms with van der Waals surface area (Å²) in [5, 5.41) is 4.62. The van der Waals surface area contributed by atoms with Crippen LogP contribution in [0.3, 0.4) is 0 Å². The van der Waals surface area contributed by atoms with Gasteiger partial charge in [0, 0.05) is 19.1 Å². The average molecular weight is 394 g/mol. The van der Waals surface area contributed by atoms with E-state index in [1.165, 1.54) is 21.2 Å². The summed E-state index contributed by atoms with van der Waals surface area (Å²) in [4.78, 5) is 4.26. The van der Waals surface area contributed by atoms with Gasteiger partial charge >= 0.3 is 0 Å². The zero-order valence-electron chi connectivity index (χ0n) is 13.7. The van der Waals surface area contributed by atoms with Gasteiger partial charge in [0.05, 0.1) is 18.1 Å². The lowest BCUT2D eigenvalue weighted by atomic mass is 9.81. The molecule has 2 aromatic heterocycles. The van der Waals surface area contributed by atoms with Crippen LogP contribution in [-0.4, -0.2) is 46.5 Å². The highest BCUT2D eigenvalue weighted by molar-refractivity contribution is 7.89. The van der Waals surface area contributed by atoms with E-state index in [9.17, 15) is 8.42 Å². The maximum atomic E-state index is 12.9. The SMILES string of the molecule is Cc1nn2cc(S(=O)(=O)N3CCC(N)C(C)(C)C3)cnc2c1Cl.Cl. The van der Waals surface area contributed by atoms with Crippen molar-refractivity contribution in [3.05, 3.63) is 23.1 Å². The van der Waals surface area contributed by atoms with E-state index in [1.807, 2.05) is 13.8 Å². The minimum Gasteiger partial charge on any atom is -0.327 e. The quantitative estimate of drug-likeness (QED) is 0.839. The summed E-state index contributed by atoms with van der Waals surface area (Å²) in [5.74, 6) is 0. The maximum absolute atomic E-state index is 12.9. The first-order valence-electron chi connectivity index (χ1n) is 7.39. The predicted molar refractivity (Wildman–Crippen MR) is 95.1 cm³/mol. The number of halogens is 2. The van der Waals surface area contributed by atoms with E-state index in [1.54, 1.807) is 6.92 Å². The van der Waals surface area contributed by atoms with Crippen LogP contribution in [0.5, 0.6) is 0 Å². The second-order valence-corrected chi connectivity index (χ2v) is 9.00. The molecule has 1 saturated heterocycles. The molecule has 0 aliphatic carbocycles. The zero-order valence-corrected chi connectivity index (χ0v) is 16.1. The third-order valence-electron chi connectivity index (χ3n) is 4.47. The fraction of sp³-hybridized carbons (Fsp3) is 0.571. The molecule has 10 heteroatoms. The van der Waals surface area contributed by atoms with Gasteiger partial charge in [-0.1, -0.05) is 25.4 Å². The first kappa shape index (κ1) is 19.4. The number of hydrogen-bond donors (Lipinski definition) is 1. The van der Waals surface area contributed by atoms with Gasteiger partial charge in [-0.2, -0.15) is 9.40 Å². The molecule has 2 N–H and O–H groups in total. The second kappa shape index (κ2) is 6.42. The summed E-state index contributed by atoms with van der Waals surface area (Å²) in [7, 11) is -3.64. The third-order valence-corrected chi connectivity index (χ3v) is 6.71. The second-order valence-electron chi connectivity index (χ2n) is 6.68. The lowest BCUT2D eigenvalue weighted by Crippen LogP contribution is -2.53. The third kappa shape index (κ3) is 3.13. The highest BCUT2D eigenvalue weighted by Crippen LogP contribution is 2.31. The Morgan fingerprint density at radius 2 is 2.08 bits per heavy atom. The van der Waals surface area contributed by atoms with E-state index in [0.29, 0.717) is 35.9 Å². The Bertz CT molecular complexity index is 865. The molecule has 1 aliphatic heterocycles. The standard InChI is InChI=1S/C14H20ClN5O2S.ClH/c1-9-12(15)13-17-6-10(7-20(13)18-9)23(21,22)19-5-4-11(16)14(2,3)8-19;/h6-7,11H,4-5,8,16H2,1-3H3;1H. The molecule has 1 unspecified atom stereocenters. The van der Waals surface area contributed by atoms with Crippen molar-refractivity contribution >= 4 is 39.7 Å². The number of rotatable bonds is 2. The van der Waals surface area contributed by atoms with Crippen molar-refractivity contribution in [3.63, 3.8) is 0 Å². The van der Waals surface area contributed by atoms with Crippen molar-refractivity contribution in [3.8, 4) is 0 Å². The van der Waals surface area contributed by atoms with Gasteiger partial charge in [0.1, 0.15) is 9.92 Å². The largest absolute Gasteiger partial charge is 0.327 e. The summed E-state index contributed by atoms with van der Waals surface area (Å²) < 4.78 is 28.7. The lowest BCUT2D eigenvalue weighted by Gasteiger charge is -2.41. The van der Waals surface area contributed by atoms with Crippen LogP contribution in [0.1, 0.15) is 26.0 Å². The molecule has 0 radical (unpaired) electrons. The van der Waals surface area contributed by atoms with Crippen LogP contribution in [-0.2, 0) is 10.0 Å². The monoisotopic (exact) mass is 393 g/mol. The molecule has 1 fully saturated rings. The Morgan fingerprint density at radius 1 is 1.42 bits per heavy atom. The van der Waals surface area contributed by atoms with Crippen LogP contribution >= 0.6 is 24.0 Å². The van der Waals surface area contributed by atoms with Gasteiger partial charge in [-0.25, -0.2) is 17.9 Å². The van der Waals surface area contributed by atoms with Crippen molar-refractivity contribution < 1.29 is 8.42 Å². The van der Waals surface area contributed by atoms with E-state index in [0.717, 1.165) is 0 Å². The van der Waals surface area contributed by atoms with E-state index in [2.05, 4.69) is 10.1 Å². The Kier molecular flexibility index (Phi) is 5.19. The summed E-state index contributed by atoms with van der Waals surface area (Å²) >= 11 is 6.09. The highest BCUT2D eigenvalue weighted by atomic mass is 35.5. The normalized spacial score (nSPS) is 21.6. The van der Waals surface area contributed by atoms with Crippen molar-refractivity contribution in [1.29, 1.82) is 0 Å². The molecule has 3 heterocycles. The van der Waals surface area contributed by atoms with Crippen LogP contribution < -0.4 is 5.73 Å². The minimum atomic E-state index is -3.64. The van der Waals surface area contributed by atoms with Crippen molar-refractivity contribution in [1.82, 2.24) is 18.9 Å². The van der Waals surface area contributed by atoms with Gasteiger partial charge < -0.3 is 5.73 Å². The van der Waals surface area contributed by atoms with Crippen molar-refractivity contribution in [2.45, 2.75) is 38.1 Å². The first-order valence-corrected chi connectivity index (χ1v) is 9.21. The van der Waals surface area contributed by atoms with E-state index >= 15 is 0 Å². The Balaban J connectivity index is 0.00000208. The molecule has 0 amide bonds. The molecule has 0 spiro atoms. The molecular weight excluding hydrogens is 373 g/mol. The number of nitrogens with zero attached hydrogens (tertiary/aromatic N) is 4. The molecule has 0 bridgehead atoms. The van der Waals surface area contributed by atoms with Gasteiger partial charge in [0.25, 0.3) is 0 Å². The van der Waals surface area contributed by atoms with Gasteiger partial charge in [-0.3, -0.25) is 0 Å². The zero-order chi connectivity index (χ0) is 17.0. The fourth-order valence-corrected chi connectivity index (χ4v) is 4.55. The first-order chi connectivity index (χ1) is 10.6. The number of piperidine rings is 1. The molecular formula is C14H21Cl2N5O2S. The Labute approximate surface area is 152 Å². The number of hydrogen-bond acceptors (Lipinski definition) is 5. The molecule has 1 atom stereocenters. The lowest BCUT2D eigenvalue weighted by molar-refractivity contribution is 0.155. The fourth-order valence-electron chi connectivity index (χ4n) is 2.81. The van der Waals surface area contributed by atoms with Gasteiger partial charge in [0.2, 0.25) is 10.0 Å². The highest BCUT2D eigenvalue weighted by Gasteiger charge is 2.39. The molecule has 134 valence electrons. The van der Waals surface area contributed by atoms with Crippen LogP contribution in [0.15, 0.2) is 17.3 Å². The Hall–Kier alpha value is -0.930. The van der Waals surface area contributed by atoms with Crippen LogP contribution in [0.4, 0.5) is 0 Å². The molecule has 0 aromatic carbocycles. The Morgan fingerprint density at radius 3 is 2.71 bits per heavy atom. The van der Waals surface area contributed by atoms with E-state index in [-0.39, 0.29) is 28.8 Å². The van der Waals surface area contributed by atoms with Gasteiger partial charge in [0.15, 0.2) is 5.65 Å². The number of sulfonamides is 1. The van der Waals surface area contributed by atoms with E-state index in [4.69, 9.17) is 17.3 Å². The van der Waals surface area contributed by atoms with Crippen LogP contribution in [0.2, 0.25) is 5.02 Å². The molecule has 2 aromatic rings. The maximum Gasteiger partial charge on any atom is 0.246 e. The topological polar surface area (TPSA) is 93.6 Å². The van der Waals surface area contributed by atoms with Crippen LogP contribution in [0, 0.1) is 12.3 Å². The minimum absolute atomic E-state index is 0. The number of aryl methyl sites for hydroxylation is 1. The van der Waals surface area contributed by atoms with Crippen molar-refractivity contribution in [2.75, 3.05) is 13.1 Å². The molecule has 24 heavy (non-hydrogen) atoms. The molecule has 0 saturated carbocycles. The summed E-state index contributed by atoms with van der Waals surface area (Å²) in [6.45, 7) is 6.51. The summed E-state index contributed by atoms with van der Waals surface area (Å²) in [6, 6.07) is -0.0119. The number of aromatic nitrogens is 3. The van der Waals surface area contributed by atoms with E-state index < -0.39 is 10.0 Å². The molecule has 7 nitrogen and oxygen atoms in total. The van der Waals surface area contributed by atoms with Gasteiger partial charge in [-0.15, -0.1) is 12.4 Å². The smallest absolute Gasteiger partial charge is 0.246 e. The number of fused-ring (bicyclic) bond motifs is 1. The average Bonchev–Trinajstić information content (AvgIpc) is 2.76. The summed E-state index contributed by atoms with van der Waals surface area (Å²) in [6.07, 6.45) is 3.42. The molecule has 1 aliphatic rings. The van der Waals surface area contributed by atoms with Crippen molar-refractivity contribution in [2.24, 2.45) is 11.1 Å². The van der Waals surface area contributed by atoms with Crippen LogP contribution in [0.25, 0.3) is 5.65 Å². The number of nitrogens with two attached hydrogens (primary N) is 1. The van der Waals surface area contributed by atoms with Gasteiger partial charge in [-0.05, 0) is 18.8 Å². The summed E-state index contributed by atoms with van der Waals surface area (Å²) in [5.41, 5.74) is 6.88. The molecule has 3 rings (SSSR count). The predicted octanol–water partition coefficient (Wildman–Crippen LogP) is 1.86.